The monoisotopic (exact) mass is 290 g/mol. The average Bonchev–Trinajstić information content (AvgIpc) is 2.47. The number of ether oxygens (including phenoxy) is 1. The van der Waals surface area contributed by atoms with Gasteiger partial charge >= 0.3 is 0 Å². The van der Waals surface area contributed by atoms with E-state index in [1.807, 2.05) is 44.2 Å². The molecule has 1 heterocycles. The number of aliphatic hydroxyl groups is 1. The van der Waals surface area contributed by atoms with Crippen LogP contribution in [0.3, 0.4) is 0 Å². The predicted octanol–water partition coefficient (Wildman–Crippen LogP) is 1.60. The third-order valence-electron chi connectivity index (χ3n) is 3.57. The normalized spacial score (nSPS) is 23.7. The van der Waals surface area contributed by atoms with Gasteiger partial charge in [0.05, 0.1) is 12.7 Å². The molecule has 0 radical (unpaired) electrons. The van der Waals surface area contributed by atoms with Crippen LogP contribution in [-0.4, -0.2) is 46.6 Å². The Balaban J connectivity index is 2.27. The Hall–Kier alpha value is -1.88. The maximum absolute atomic E-state index is 12.5. The van der Waals surface area contributed by atoms with Crippen molar-refractivity contribution in [2.24, 2.45) is 4.99 Å². The van der Waals surface area contributed by atoms with E-state index in [0.29, 0.717) is 19.0 Å². The van der Waals surface area contributed by atoms with Crippen molar-refractivity contribution in [3.05, 3.63) is 35.9 Å². The van der Waals surface area contributed by atoms with E-state index in [1.54, 1.807) is 11.8 Å². The highest BCUT2D eigenvalue weighted by molar-refractivity contribution is 5.95. The van der Waals surface area contributed by atoms with E-state index in [1.165, 1.54) is 0 Å². The van der Waals surface area contributed by atoms with Crippen LogP contribution in [0.5, 0.6) is 0 Å². The zero-order valence-corrected chi connectivity index (χ0v) is 12.7. The second kappa shape index (κ2) is 6.72. The van der Waals surface area contributed by atoms with Crippen LogP contribution in [0.4, 0.5) is 0 Å². The summed E-state index contributed by atoms with van der Waals surface area (Å²) >= 11 is 0. The van der Waals surface area contributed by atoms with Crippen LogP contribution in [-0.2, 0) is 16.1 Å². The molecule has 2 rings (SSSR count). The summed E-state index contributed by atoms with van der Waals surface area (Å²) in [4.78, 5) is 18.5. The van der Waals surface area contributed by atoms with E-state index in [9.17, 15) is 9.90 Å². The highest BCUT2D eigenvalue weighted by Gasteiger charge is 2.38. The number of carbonyl (C=O) groups excluding carboxylic acids is 1. The van der Waals surface area contributed by atoms with Crippen molar-refractivity contribution >= 4 is 11.8 Å². The minimum Gasteiger partial charge on any atom is -0.480 e. The Labute approximate surface area is 125 Å². The summed E-state index contributed by atoms with van der Waals surface area (Å²) in [6.45, 7) is 6.32. The molecule has 114 valence electrons. The molecule has 1 aromatic rings. The third kappa shape index (κ3) is 3.42. The molecule has 0 saturated heterocycles. The number of hydrogen-bond donors (Lipinski definition) is 1. The van der Waals surface area contributed by atoms with Crippen molar-refractivity contribution in [2.75, 3.05) is 6.61 Å². The van der Waals surface area contributed by atoms with Gasteiger partial charge in [0.15, 0.2) is 6.04 Å². The molecule has 5 heteroatoms. The van der Waals surface area contributed by atoms with Gasteiger partial charge in [-0.2, -0.15) is 0 Å². The van der Waals surface area contributed by atoms with Gasteiger partial charge in [0.25, 0.3) is 5.91 Å². The lowest BCUT2D eigenvalue weighted by atomic mass is 10.1. The maximum Gasteiger partial charge on any atom is 0.251 e. The molecule has 0 unspecified atom stereocenters. The Bertz CT molecular complexity index is 514. The summed E-state index contributed by atoms with van der Waals surface area (Å²) < 4.78 is 5.54. The fraction of sp³-hybridized carbons (Fsp3) is 0.500. The number of rotatable bonds is 4. The van der Waals surface area contributed by atoms with Crippen LogP contribution in [0.25, 0.3) is 0 Å². The van der Waals surface area contributed by atoms with E-state index >= 15 is 0 Å². The summed E-state index contributed by atoms with van der Waals surface area (Å²) in [5.74, 6) is 0.351. The summed E-state index contributed by atoms with van der Waals surface area (Å²) in [5, 5.41) is 9.79. The van der Waals surface area contributed by atoms with E-state index < -0.39 is 12.1 Å². The van der Waals surface area contributed by atoms with E-state index in [0.717, 1.165) is 5.56 Å². The molecule has 1 aliphatic rings. The molecule has 1 amide bonds. The molecular weight excluding hydrogens is 268 g/mol. The molecule has 0 aromatic heterocycles. The molecule has 1 aromatic carbocycles. The smallest absolute Gasteiger partial charge is 0.251 e. The number of nitrogens with zero attached hydrogens (tertiary/aromatic N) is 2. The number of aliphatic hydroxyl groups excluding tert-OH is 1. The first-order chi connectivity index (χ1) is 10.0. The van der Waals surface area contributed by atoms with Gasteiger partial charge in [0.2, 0.25) is 5.90 Å². The van der Waals surface area contributed by atoms with Crippen LogP contribution in [0.1, 0.15) is 26.3 Å². The minimum absolute atomic E-state index is 0.162. The molecule has 0 aliphatic carbocycles. The largest absolute Gasteiger partial charge is 0.480 e. The Morgan fingerprint density at radius 1 is 1.38 bits per heavy atom. The van der Waals surface area contributed by atoms with Crippen LogP contribution in [0, 0.1) is 0 Å². The minimum atomic E-state index is -0.835. The van der Waals surface area contributed by atoms with Gasteiger partial charge in [0.1, 0.15) is 6.04 Å². The van der Waals surface area contributed by atoms with Crippen molar-refractivity contribution in [3.63, 3.8) is 0 Å². The number of hydrogen-bond acceptors (Lipinski definition) is 4. The summed E-state index contributed by atoms with van der Waals surface area (Å²) in [6.07, 6.45) is -0.835. The fourth-order valence-electron chi connectivity index (χ4n) is 2.41. The van der Waals surface area contributed by atoms with Gasteiger partial charge in [-0.1, -0.05) is 30.3 Å². The molecule has 0 fully saturated rings. The SMILES string of the molecule is CCOC1=N[C@H]([C@@H](C)O)C(=O)N(Cc2ccccc2)[C@@H]1C. The fourth-order valence-corrected chi connectivity index (χ4v) is 2.41. The van der Waals surface area contributed by atoms with Crippen molar-refractivity contribution in [1.82, 2.24) is 4.90 Å². The lowest BCUT2D eigenvalue weighted by Crippen LogP contribution is -2.54. The molecule has 3 atom stereocenters. The number of amides is 1. The van der Waals surface area contributed by atoms with Crippen molar-refractivity contribution in [1.29, 1.82) is 0 Å². The van der Waals surface area contributed by atoms with Gasteiger partial charge in [0, 0.05) is 6.54 Å². The first-order valence-corrected chi connectivity index (χ1v) is 7.27. The van der Waals surface area contributed by atoms with Gasteiger partial charge in [-0.25, -0.2) is 4.99 Å². The second-order valence-corrected chi connectivity index (χ2v) is 5.21. The predicted molar refractivity (Wildman–Crippen MR) is 81.0 cm³/mol. The number of carbonyl (C=O) groups is 1. The van der Waals surface area contributed by atoms with Crippen LogP contribution in [0.15, 0.2) is 35.3 Å². The average molecular weight is 290 g/mol. The zero-order valence-electron chi connectivity index (χ0n) is 12.7. The van der Waals surface area contributed by atoms with Gasteiger partial charge in [-0.15, -0.1) is 0 Å². The van der Waals surface area contributed by atoms with Gasteiger partial charge in [-0.3, -0.25) is 4.79 Å². The Morgan fingerprint density at radius 3 is 2.62 bits per heavy atom. The highest BCUT2D eigenvalue weighted by Crippen LogP contribution is 2.20. The topological polar surface area (TPSA) is 62.1 Å². The Morgan fingerprint density at radius 2 is 2.05 bits per heavy atom. The summed E-state index contributed by atoms with van der Waals surface area (Å²) in [5.41, 5.74) is 1.04. The molecule has 1 N–H and O–H groups in total. The zero-order chi connectivity index (χ0) is 15.4. The van der Waals surface area contributed by atoms with Crippen molar-refractivity contribution in [3.8, 4) is 0 Å². The van der Waals surface area contributed by atoms with E-state index in [4.69, 9.17) is 4.74 Å². The van der Waals surface area contributed by atoms with Gasteiger partial charge in [-0.05, 0) is 26.3 Å². The van der Waals surface area contributed by atoms with Crippen LogP contribution < -0.4 is 0 Å². The molecule has 5 nitrogen and oxygen atoms in total. The standard InChI is InChI=1S/C16H22N2O3/c1-4-21-15-11(2)18(10-13-8-6-5-7-9-13)16(20)14(17-15)12(3)19/h5-9,11-12,14,19H,4,10H2,1-3H3/t11-,12-,14-/m1/s1. The Kier molecular flexibility index (Phi) is 4.96. The number of aliphatic imine (C=N–C) groups is 1. The molecule has 1 aliphatic heterocycles. The van der Waals surface area contributed by atoms with E-state index in [2.05, 4.69) is 4.99 Å². The summed E-state index contributed by atoms with van der Waals surface area (Å²) in [7, 11) is 0. The second-order valence-electron chi connectivity index (χ2n) is 5.21. The first-order valence-electron chi connectivity index (χ1n) is 7.27. The lowest BCUT2D eigenvalue weighted by molar-refractivity contribution is -0.137. The third-order valence-corrected chi connectivity index (χ3v) is 3.57. The van der Waals surface area contributed by atoms with Crippen molar-refractivity contribution < 1.29 is 14.6 Å². The van der Waals surface area contributed by atoms with Crippen LogP contribution in [0.2, 0.25) is 0 Å². The molecule has 0 bridgehead atoms. The number of benzene rings is 1. The maximum atomic E-state index is 12.5. The van der Waals surface area contributed by atoms with Crippen molar-refractivity contribution in [2.45, 2.75) is 45.5 Å². The first kappa shape index (κ1) is 15.5. The molecule has 0 spiro atoms. The molecule has 0 saturated carbocycles. The quantitative estimate of drug-likeness (QED) is 0.916. The summed E-state index contributed by atoms with van der Waals surface area (Å²) in [6, 6.07) is 8.76. The lowest BCUT2D eigenvalue weighted by Gasteiger charge is -2.36. The molecule has 21 heavy (non-hydrogen) atoms. The van der Waals surface area contributed by atoms with Gasteiger partial charge < -0.3 is 14.7 Å². The molecular formula is C16H22N2O3. The van der Waals surface area contributed by atoms with Crippen LogP contribution >= 0.6 is 0 Å². The highest BCUT2D eigenvalue weighted by atomic mass is 16.5. The van der Waals surface area contributed by atoms with E-state index in [-0.39, 0.29) is 11.9 Å².